The van der Waals surface area contributed by atoms with Crippen LogP contribution < -0.4 is 10.9 Å². The van der Waals surface area contributed by atoms with Crippen molar-refractivity contribution in [1.82, 2.24) is 14.5 Å². The van der Waals surface area contributed by atoms with E-state index in [-0.39, 0.29) is 24.5 Å². The molecular weight excluding hydrogens is 404 g/mol. The van der Waals surface area contributed by atoms with E-state index in [1.54, 1.807) is 4.57 Å². The molecule has 2 aromatic rings. The molecule has 0 radical (unpaired) electrons. The minimum Gasteiger partial charge on any atom is -0.394 e. The number of hydrogen-bond donors (Lipinski definition) is 3. The maximum absolute atomic E-state index is 13.2. The average molecular weight is 445 g/mol. The standard InChI is InChI=1S/C25H40N4O3/c1-2-15-28(20-11-6-4-3-5-7-12-20)16-10-17-29-23-14-9-8-13-22(23)27-24(25(29)32)26-18-21(31)19-30/h8-9,13-14,20-21,30-31H,2-7,10-12,15-19H2,1H3,(H,26,27). The van der Waals surface area contributed by atoms with Gasteiger partial charge in [0, 0.05) is 25.7 Å². The summed E-state index contributed by atoms with van der Waals surface area (Å²) in [6.45, 7) is 4.71. The predicted molar refractivity (Wildman–Crippen MR) is 130 cm³/mol. The fourth-order valence-corrected chi connectivity index (χ4v) is 4.80. The number of anilines is 1. The Morgan fingerprint density at radius 3 is 2.59 bits per heavy atom. The molecule has 1 aliphatic carbocycles. The second kappa shape index (κ2) is 12.9. The van der Waals surface area contributed by atoms with Gasteiger partial charge in [-0.3, -0.25) is 4.79 Å². The Hall–Kier alpha value is -1.96. The third kappa shape index (κ3) is 6.77. The quantitative estimate of drug-likeness (QED) is 0.492. The zero-order chi connectivity index (χ0) is 22.8. The number of benzene rings is 1. The van der Waals surface area contributed by atoms with Gasteiger partial charge in [0.15, 0.2) is 5.82 Å². The number of aliphatic hydroxyl groups is 2. The number of nitrogens with one attached hydrogen (secondary N) is 1. The van der Waals surface area contributed by atoms with Gasteiger partial charge in [0.2, 0.25) is 0 Å². The third-order valence-electron chi connectivity index (χ3n) is 6.50. The first-order chi connectivity index (χ1) is 15.6. The predicted octanol–water partition coefficient (Wildman–Crippen LogP) is 3.38. The van der Waals surface area contributed by atoms with Crippen LogP contribution in [0, 0.1) is 0 Å². The highest BCUT2D eigenvalue weighted by molar-refractivity contribution is 5.76. The Kier molecular flexibility index (Phi) is 9.96. The minimum absolute atomic E-state index is 0.0863. The van der Waals surface area contributed by atoms with Gasteiger partial charge in [0.1, 0.15) is 0 Å². The fourth-order valence-electron chi connectivity index (χ4n) is 4.80. The number of aliphatic hydroxyl groups excluding tert-OH is 2. The maximum Gasteiger partial charge on any atom is 0.293 e. The lowest BCUT2D eigenvalue weighted by atomic mass is 9.95. The number of para-hydroxylation sites is 2. The molecule has 1 fully saturated rings. The van der Waals surface area contributed by atoms with Gasteiger partial charge >= 0.3 is 0 Å². The Balaban J connectivity index is 1.73. The molecule has 3 N–H and O–H groups in total. The molecule has 1 heterocycles. The summed E-state index contributed by atoms with van der Waals surface area (Å²) in [7, 11) is 0. The fraction of sp³-hybridized carbons (Fsp3) is 0.680. The van der Waals surface area contributed by atoms with Crippen LogP contribution in [-0.4, -0.2) is 63.1 Å². The van der Waals surface area contributed by atoms with E-state index in [1.807, 2.05) is 24.3 Å². The van der Waals surface area contributed by atoms with Gasteiger partial charge in [-0.15, -0.1) is 0 Å². The molecule has 7 heteroatoms. The summed E-state index contributed by atoms with van der Waals surface area (Å²) >= 11 is 0. The molecule has 1 aliphatic rings. The number of aryl methyl sites for hydroxylation is 1. The zero-order valence-electron chi connectivity index (χ0n) is 19.5. The molecule has 0 amide bonds. The van der Waals surface area contributed by atoms with Crippen LogP contribution in [0.4, 0.5) is 5.82 Å². The van der Waals surface area contributed by atoms with E-state index < -0.39 is 6.10 Å². The van der Waals surface area contributed by atoms with Crippen LogP contribution >= 0.6 is 0 Å². The van der Waals surface area contributed by atoms with Crippen molar-refractivity contribution in [1.29, 1.82) is 0 Å². The highest BCUT2D eigenvalue weighted by atomic mass is 16.3. The molecule has 1 saturated carbocycles. The van der Waals surface area contributed by atoms with Crippen LogP contribution in [0.25, 0.3) is 11.0 Å². The van der Waals surface area contributed by atoms with Crippen LogP contribution in [0.1, 0.15) is 64.7 Å². The van der Waals surface area contributed by atoms with E-state index in [9.17, 15) is 9.90 Å². The van der Waals surface area contributed by atoms with Crippen molar-refractivity contribution in [3.63, 3.8) is 0 Å². The van der Waals surface area contributed by atoms with Gasteiger partial charge in [-0.25, -0.2) is 4.98 Å². The summed E-state index contributed by atoms with van der Waals surface area (Å²) in [5, 5.41) is 21.6. The largest absolute Gasteiger partial charge is 0.394 e. The molecule has 1 atom stereocenters. The van der Waals surface area contributed by atoms with Crippen molar-refractivity contribution in [2.24, 2.45) is 0 Å². The van der Waals surface area contributed by atoms with Crippen LogP contribution in [0.3, 0.4) is 0 Å². The first kappa shape index (κ1) is 24.7. The van der Waals surface area contributed by atoms with Crippen molar-refractivity contribution in [2.45, 2.75) is 83.4 Å². The lowest BCUT2D eigenvalue weighted by Gasteiger charge is -2.33. The van der Waals surface area contributed by atoms with Crippen molar-refractivity contribution >= 4 is 16.9 Å². The molecule has 7 nitrogen and oxygen atoms in total. The number of nitrogens with zero attached hydrogens (tertiary/aromatic N) is 3. The molecule has 0 bridgehead atoms. The smallest absolute Gasteiger partial charge is 0.293 e. The van der Waals surface area contributed by atoms with E-state index in [1.165, 1.54) is 44.9 Å². The summed E-state index contributed by atoms with van der Waals surface area (Å²) in [5.41, 5.74) is 1.40. The molecular formula is C25H40N4O3. The van der Waals surface area contributed by atoms with Crippen molar-refractivity contribution in [3.8, 4) is 0 Å². The maximum atomic E-state index is 13.2. The van der Waals surface area contributed by atoms with Gasteiger partial charge in [-0.2, -0.15) is 0 Å². The van der Waals surface area contributed by atoms with Crippen molar-refractivity contribution in [2.75, 3.05) is 31.6 Å². The highest BCUT2D eigenvalue weighted by Gasteiger charge is 2.19. The van der Waals surface area contributed by atoms with E-state index in [4.69, 9.17) is 5.11 Å². The second-order valence-electron chi connectivity index (χ2n) is 9.01. The average Bonchev–Trinajstić information content (AvgIpc) is 2.78. The third-order valence-corrected chi connectivity index (χ3v) is 6.50. The first-order valence-corrected chi connectivity index (χ1v) is 12.4. The molecule has 0 spiro atoms. The number of hydrogen-bond acceptors (Lipinski definition) is 6. The number of rotatable bonds is 11. The number of fused-ring (bicyclic) bond motifs is 1. The lowest BCUT2D eigenvalue weighted by molar-refractivity contribution is 0.105. The highest BCUT2D eigenvalue weighted by Crippen LogP contribution is 2.22. The van der Waals surface area contributed by atoms with Gasteiger partial charge in [-0.1, -0.05) is 51.2 Å². The molecule has 0 aliphatic heterocycles. The molecule has 3 rings (SSSR count). The Morgan fingerprint density at radius 1 is 1.16 bits per heavy atom. The molecule has 1 aromatic carbocycles. The Morgan fingerprint density at radius 2 is 1.88 bits per heavy atom. The summed E-state index contributed by atoms with van der Waals surface area (Å²) in [5.74, 6) is 0.224. The van der Waals surface area contributed by atoms with Gasteiger partial charge < -0.3 is 25.0 Å². The molecule has 32 heavy (non-hydrogen) atoms. The summed E-state index contributed by atoms with van der Waals surface area (Å²) in [4.78, 5) is 20.3. The normalized spacial score (nSPS) is 16.8. The molecule has 1 aromatic heterocycles. The molecule has 0 saturated heterocycles. The van der Waals surface area contributed by atoms with Crippen LogP contribution in [-0.2, 0) is 6.54 Å². The second-order valence-corrected chi connectivity index (χ2v) is 9.01. The zero-order valence-corrected chi connectivity index (χ0v) is 19.5. The van der Waals surface area contributed by atoms with Gasteiger partial charge in [0.05, 0.1) is 23.7 Å². The summed E-state index contributed by atoms with van der Waals surface area (Å²) < 4.78 is 1.80. The summed E-state index contributed by atoms with van der Waals surface area (Å²) in [6, 6.07) is 8.35. The Bertz CT molecular complexity index is 877. The topological polar surface area (TPSA) is 90.6 Å². The molecule has 1 unspecified atom stereocenters. The van der Waals surface area contributed by atoms with Gasteiger partial charge in [0.25, 0.3) is 5.56 Å². The van der Waals surface area contributed by atoms with E-state index >= 15 is 0 Å². The molecule has 178 valence electrons. The summed E-state index contributed by atoms with van der Waals surface area (Å²) in [6.07, 6.45) is 10.5. The van der Waals surface area contributed by atoms with Crippen molar-refractivity contribution < 1.29 is 10.2 Å². The minimum atomic E-state index is -0.928. The lowest BCUT2D eigenvalue weighted by Crippen LogP contribution is -2.38. The monoisotopic (exact) mass is 444 g/mol. The number of aromatic nitrogens is 2. The van der Waals surface area contributed by atoms with Crippen LogP contribution in [0.15, 0.2) is 29.1 Å². The first-order valence-electron chi connectivity index (χ1n) is 12.4. The van der Waals surface area contributed by atoms with Crippen LogP contribution in [0.5, 0.6) is 0 Å². The van der Waals surface area contributed by atoms with E-state index in [0.29, 0.717) is 12.6 Å². The van der Waals surface area contributed by atoms with Crippen LogP contribution in [0.2, 0.25) is 0 Å². The van der Waals surface area contributed by atoms with E-state index in [0.717, 1.165) is 37.0 Å². The van der Waals surface area contributed by atoms with E-state index in [2.05, 4.69) is 22.1 Å². The Labute approximate surface area is 191 Å². The van der Waals surface area contributed by atoms with Gasteiger partial charge in [-0.05, 0) is 44.4 Å². The van der Waals surface area contributed by atoms with Crippen molar-refractivity contribution in [3.05, 3.63) is 34.6 Å². The SMILES string of the molecule is CCCN(CCCn1c(=O)c(NCC(O)CO)nc2ccccc21)C1CCCCCCC1.